The van der Waals surface area contributed by atoms with E-state index in [0.29, 0.717) is 12.5 Å². The Kier molecular flexibility index (Phi) is 3.84. The third-order valence-corrected chi connectivity index (χ3v) is 3.39. The van der Waals surface area contributed by atoms with Crippen LogP contribution < -0.4 is 5.73 Å². The van der Waals surface area contributed by atoms with Crippen molar-refractivity contribution < 1.29 is 0 Å². The second-order valence-electron chi connectivity index (χ2n) is 4.67. The summed E-state index contributed by atoms with van der Waals surface area (Å²) in [6, 6.07) is 6.17. The Labute approximate surface area is 110 Å². The minimum atomic E-state index is 0.599. The Balaban J connectivity index is 2.57. The van der Waals surface area contributed by atoms with Crippen LogP contribution >= 0.6 is 15.9 Å². The first-order valence-corrected chi connectivity index (χ1v) is 6.76. The second kappa shape index (κ2) is 5.19. The van der Waals surface area contributed by atoms with Crippen molar-refractivity contribution in [1.29, 1.82) is 0 Å². The van der Waals surface area contributed by atoms with Crippen molar-refractivity contribution in [2.75, 3.05) is 6.54 Å². The molecule has 0 bridgehead atoms. The summed E-state index contributed by atoms with van der Waals surface area (Å²) >= 11 is 3.55. The van der Waals surface area contributed by atoms with E-state index in [0.717, 1.165) is 28.8 Å². The van der Waals surface area contributed by atoms with E-state index < -0.39 is 0 Å². The molecule has 0 amide bonds. The number of nitrogens with two attached hydrogens (primary N) is 1. The van der Waals surface area contributed by atoms with E-state index >= 15 is 0 Å². The smallest absolute Gasteiger partial charge is 0.110 e. The molecule has 0 unspecified atom stereocenters. The predicted molar refractivity (Wildman–Crippen MR) is 75.0 cm³/mol. The fourth-order valence-electron chi connectivity index (χ4n) is 2.06. The average Bonchev–Trinajstić information content (AvgIpc) is 2.59. The topological polar surface area (TPSA) is 43.8 Å². The predicted octanol–water partition coefficient (Wildman–Crippen LogP) is 2.96. The summed E-state index contributed by atoms with van der Waals surface area (Å²) in [5, 5.41) is 0. The van der Waals surface area contributed by atoms with Crippen LogP contribution in [0.3, 0.4) is 0 Å². The minimum Gasteiger partial charge on any atom is -0.329 e. The van der Waals surface area contributed by atoms with Gasteiger partial charge in [0.2, 0.25) is 0 Å². The van der Waals surface area contributed by atoms with Gasteiger partial charge < -0.3 is 10.3 Å². The van der Waals surface area contributed by atoms with Gasteiger partial charge in [0.1, 0.15) is 11.3 Å². The largest absolute Gasteiger partial charge is 0.329 e. The number of benzene rings is 1. The molecule has 0 atom stereocenters. The van der Waals surface area contributed by atoms with Gasteiger partial charge in [-0.3, -0.25) is 0 Å². The van der Waals surface area contributed by atoms with Crippen molar-refractivity contribution >= 4 is 27.0 Å². The molecule has 2 N–H and O–H groups in total. The van der Waals surface area contributed by atoms with Crippen LogP contribution in [0.1, 0.15) is 19.7 Å². The third-order valence-electron chi connectivity index (χ3n) is 2.75. The normalized spacial score (nSPS) is 11.6. The van der Waals surface area contributed by atoms with E-state index in [9.17, 15) is 0 Å². The minimum absolute atomic E-state index is 0.599. The molecule has 3 nitrogen and oxygen atoms in total. The number of halogens is 1. The molecule has 0 aliphatic carbocycles. The molecule has 17 heavy (non-hydrogen) atoms. The van der Waals surface area contributed by atoms with Gasteiger partial charge in [0, 0.05) is 24.0 Å². The van der Waals surface area contributed by atoms with E-state index in [4.69, 9.17) is 10.7 Å². The Hall–Kier alpha value is -0.870. The molecule has 1 heterocycles. The van der Waals surface area contributed by atoms with Crippen molar-refractivity contribution in [3.8, 4) is 0 Å². The van der Waals surface area contributed by atoms with E-state index in [1.54, 1.807) is 0 Å². The summed E-state index contributed by atoms with van der Waals surface area (Å²) in [5.74, 6) is 1.73. The summed E-state index contributed by atoms with van der Waals surface area (Å²) in [6.07, 6.45) is 0.987. The molecule has 0 aliphatic rings. The number of imidazole rings is 1. The Morgan fingerprint density at radius 2 is 2.18 bits per heavy atom. The number of hydrogen-bond acceptors (Lipinski definition) is 2. The molecule has 0 spiro atoms. The summed E-state index contributed by atoms with van der Waals surface area (Å²) in [5.41, 5.74) is 7.89. The quantitative estimate of drug-likeness (QED) is 0.942. The van der Waals surface area contributed by atoms with Crippen molar-refractivity contribution in [1.82, 2.24) is 9.55 Å². The van der Waals surface area contributed by atoms with E-state index in [2.05, 4.69) is 40.4 Å². The molecule has 2 rings (SSSR count). The average molecular weight is 296 g/mol. The van der Waals surface area contributed by atoms with Crippen LogP contribution in [0.5, 0.6) is 0 Å². The fourth-order valence-corrected chi connectivity index (χ4v) is 2.50. The van der Waals surface area contributed by atoms with Gasteiger partial charge in [-0.05, 0) is 34.0 Å². The van der Waals surface area contributed by atoms with Crippen LogP contribution in [0.15, 0.2) is 22.7 Å². The Morgan fingerprint density at radius 3 is 2.82 bits per heavy atom. The molecule has 1 aromatic heterocycles. The van der Waals surface area contributed by atoms with Crippen molar-refractivity contribution in [3.05, 3.63) is 28.5 Å². The lowest BCUT2D eigenvalue weighted by Gasteiger charge is -2.09. The number of aromatic nitrogens is 2. The zero-order valence-electron chi connectivity index (χ0n) is 10.3. The second-order valence-corrected chi connectivity index (χ2v) is 5.53. The molecular formula is C13H18BrN3. The van der Waals surface area contributed by atoms with E-state index in [1.165, 1.54) is 5.52 Å². The fraction of sp³-hybridized carbons (Fsp3) is 0.462. The molecule has 0 saturated heterocycles. The van der Waals surface area contributed by atoms with Gasteiger partial charge >= 0.3 is 0 Å². The summed E-state index contributed by atoms with van der Waals surface area (Å²) in [6.45, 7) is 5.89. The van der Waals surface area contributed by atoms with Gasteiger partial charge in [0.05, 0.1) is 5.52 Å². The highest BCUT2D eigenvalue weighted by atomic mass is 79.9. The maximum atomic E-state index is 5.69. The molecule has 0 aliphatic heterocycles. The Bertz CT molecular complexity index is 517. The maximum absolute atomic E-state index is 5.69. The van der Waals surface area contributed by atoms with Crippen molar-refractivity contribution in [2.24, 2.45) is 11.7 Å². The summed E-state index contributed by atoms with van der Waals surface area (Å²) < 4.78 is 3.29. The lowest BCUT2D eigenvalue weighted by molar-refractivity contribution is 0.581. The van der Waals surface area contributed by atoms with E-state index in [1.807, 2.05) is 12.1 Å². The molecule has 1 aromatic carbocycles. The van der Waals surface area contributed by atoms with Gasteiger partial charge in [0.25, 0.3) is 0 Å². The lowest BCUT2D eigenvalue weighted by Crippen LogP contribution is -2.13. The zero-order valence-corrected chi connectivity index (χ0v) is 11.9. The summed E-state index contributed by atoms with van der Waals surface area (Å²) in [7, 11) is 0. The number of rotatable bonds is 4. The monoisotopic (exact) mass is 295 g/mol. The van der Waals surface area contributed by atoms with Crippen LogP contribution in [0, 0.1) is 5.92 Å². The molecule has 2 aromatic rings. The highest BCUT2D eigenvalue weighted by Gasteiger charge is 2.12. The van der Waals surface area contributed by atoms with Gasteiger partial charge in [-0.15, -0.1) is 0 Å². The van der Waals surface area contributed by atoms with Gasteiger partial charge in [-0.1, -0.05) is 19.9 Å². The molecule has 4 heteroatoms. The van der Waals surface area contributed by atoms with Gasteiger partial charge in [-0.2, -0.15) is 0 Å². The highest BCUT2D eigenvalue weighted by molar-refractivity contribution is 9.10. The first-order chi connectivity index (χ1) is 8.13. The molecule has 0 radical (unpaired) electrons. The van der Waals surface area contributed by atoms with Crippen molar-refractivity contribution in [3.63, 3.8) is 0 Å². The molecule has 92 valence electrons. The SMILES string of the molecule is CC(C)Cc1nc2c(Br)cccc2n1CCN. The van der Waals surface area contributed by atoms with Crippen LogP contribution in [0.4, 0.5) is 0 Å². The van der Waals surface area contributed by atoms with Gasteiger partial charge in [0.15, 0.2) is 0 Å². The Morgan fingerprint density at radius 1 is 1.41 bits per heavy atom. The van der Waals surface area contributed by atoms with Crippen LogP contribution in [0.25, 0.3) is 11.0 Å². The number of para-hydroxylation sites is 1. The van der Waals surface area contributed by atoms with Gasteiger partial charge in [-0.25, -0.2) is 4.98 Å². The van der Waals surface area contributed by atoms with Crippen LogP contribution in [-0.2, 0) is 13.0 Å². The van der Waals surface area contributed by atoms with Crippen LogP contribution in [0.2, 0.25) is 0 Å². The van der Waals surface area contributed by atoms with Crippen molar-refractivity contribution in [2.45, 2.75) is 26.8 Å². The standard InChI is InChI=1S/C13H18BrN3/c1-9(2)8-12-16-13-10(14)4-3-5-11(13)17(12)7-6-15/h3-5,9H,6-8,15H2,1-2H3. The van der Waals surface area contributed by atoms with Crippen LogP contribution in [-0.4, -0.2) is 16.1 Å². The summed E-state index contributed by atoms with van der Waals surface area (Å²) in [4.78, 5) is 4.73. The lowest BCUT2D eigenvalue weighted by atomic mass is 10.1. The highest BCUT2D eigenvalue weighted by Crippen LogP contribution is 2.25. The molecule has 0 saturated carbocycles. The maximum Gasteiger partial charge on any atom is 0.110 e. The van der Waals surface area contributed by atoms with E-state index in [-0.39, 0.29) is 0 Å². The number of fused-ring (bicyclic) bond motifs is 1. The molecular weight excluding hydrogens is 278 g/mol. The first kappa shape index (κ1) is 12.6. The first-order valence-electron chi connectivity index (χ1n) is 5.97. The number of nitrogens with zero attached hydrogens (tertiary/aromatic N) is 2. The third kappa shape index (κ3) is 2.53. The number of hydrogen-bond donors (Lipinski definition) is 1. The molecule has 0 fully saturated rings. The zero-order chi connectivity index (χ0) is 12.4.